The van der Waals surface area contributed by atoms with Crippen LogP contribution in [0.4, 0.5) is 4.39 Å². The Bertz CT molecular complexity index is 303. The van der Waals surface area contributed by atoms with Crippen LogP contribution in [0.15, 0.2) is 12.1 Å². The van der Waals surface area contributed by atoms with Gasteiger partial charge in [0.15, 0.2) is 0 Å². The van der Waals surface area contributed by atoms with E-state index in [1.165, 1.54) is 6.07 Å². The van der Waals surface area contributed by atoms with Crippen molar-refractivity contribution in [3.05, 3.63) is 27.3 Å². The normalized spacial score (nSPS) is 9.64. The van der Waals surface area contributed by atoms with Gasteiger partial charge in [0, 0.05) is 0 Å². The summed E-state index contributed by atoms with van der Waals surface area (Å²) in [5.41, 5.74) is 0.0204. The van der Waals surface area contributed by atoms with Gasteiger partial charge in [0.1, 0.15) is 3.70 Å². The number of pyridine rings is 1. The molecule has 0 spiro atoms. The first-order valence-corrected chi connectivity index (χ1v) is 3.74. The number of carboxylic acids is 1. The molecular formula is C6H3FINO2. The van der Waals surface area contributed by atoms with Gasteiger partial charge in [-0.1, -0.05) is 0 Å². The Morgan fingerprint density at radius 3 is 2.73 bits per heavy atom. The largest absolute Gasteiger partial charge is 0.478 e. The van der Waals surface area contributed by atoms with Crippen molar-refractivity contribution in [2.75, 3.05) is 0 Å². The van der Waals surface area contributed by atoms with E-state index in [9.17, 15) is 9.18 Å². The lowest BCUT2D eigenvalue weighted by Crippen LogP contribution is -2.02. The lowest BCUT2D eigenvalue weighted by atomic mass is 10.3. The molecule has 1 N–H and O–H groups in total. The molecule has 0 radical (unpaired) electrons. The third kappa shape index (κ3) is 1.86. The average Bonchev–Trinajstić information content (AvgIpc) is 1.85. The van der Waals surface area contributed by atoms with E-state index < -0.39 is 11.9 Å². The summed E-state index contributed by atoms with van der Waals surface area (Å²) >= 11 is 1.67. The molecule has 1 aromatic rings. The highest BCUT2D eigenvalue weighted by atomic mass is 127. The molecule has 3 nitrogen and oxygen atoms in total. The number of aromatic nitrogens is 1. The maximum atomic E-state index is 12.3. The van der Waals surface area contributed by atoms with Crippen LogP contribution in [-0.4, -0.2) is 16.1 Å². The van der Waals surface area contributed by atoms with Gasteiger partial charge in [-0.2, -0.15) is 4.39 Å². The van der Waals surface area contributed by atoms with Crippen molar-refractivity contribution in [2.45, 2.75) is 0 Å². The van der Waals surface area contributed by atoms with Crippen molar-refractivity contribution in [3.63, 3.8) is 0 Å². The zero-order valence-electron chi connectivity index (χ0n) is 5.21. The molecule has 0 saturated carbocycles. The van der Waals surface area contributed by atoms with E-state index in [0.717, 1.165) is 6.07 Å². The van der Waals surface area contributed by atoms with E-state index in [1.54, 1.807) is 22.6 Å². The molecule has 1 aromatic heterocycles. The molecule has 58 valence electrons. The van der Waals surface area contributed by atoms with E-state index in [-0.39, 0.29) is 9.26 Å². The minimum Gasteiger partial charge on any atom is -0.478 e. The summed E-state index contributed by atoms with van der Waals surface area (Å²) in [6, 6.07) is 2.21. The molecule has 0 aliphatic heterocycles. The molecule has 0 amide bonds. The molecule has 0 aromatic carbocycles. The van der Waals surface area contributed by atoms with Gasteiger partial charge in [-0.3, -0.25) is 0 Å². The Hall–Kier alpha value is -0.720. The second kappa shape index (κ2) is 3.12. The van der Waals surface area contributed by atoms with Gasteiger partial charge in [-0.15, -0.1) is 0 Å². The number of carboxylic acid groups (broad SMARTS) is 1. The van der Waals surface area contributed by atoms with Crippen molar-refractivity contribution in [3.8, 4) is 0 Å². The summed E-state index contributed by atoms with van der Waals surface area (Å²) in [5, 5.41) is 8.49. The summed E-state index contributed by atoms with van der Waals surface area (Å²) in [5.74, 6) is -1.76. The fourth-order valence-electron chi connectivity index (χ4n) is 0.572. The van der Waals surface area contributed by atoms with Gasteiger partial charge in [-0.05, 0) is 34.7 Å². The predicted molar refractivity (Wildman–Crippen MR) is 43.9 cm³/mol. The van der Waals surface area contributed by atoms with E-state index in [4.69, 9.17) is 5.11 Å². The van der Waals surface area contributed by atoms with Gasteiger partial charge in [-0.25, -0.2) is 9.78 Å². The van der Waals surface area contributed by atoms with Crippen LogP contribution >= 0.6 is 22.6 Å². The molecule has 0 bridgehead atoms. The SMILES string of the molecule is O=C(O)c1ccc(F)nc1I. The average molecular weight is 267 g/mol. The minimum absolute atomic E-state index is 0.0204. The van der Waals surface area contributed by atoms with Crippen molar-refractivity contribution in [1.82, 2.24) is 4.98 Å². The zero-order valence-corrected chi connectivity index (χ0v) is 7.37. The van der Waals surface area contributed by atoms with E-state index in [1.807, 2.05) is 0 Å². The lowest BCUT2D eigenvalue weighted by Gasteiger charge is -1.95. The molecule has 0 fully saturated rings. The van der Waals surface area contributed by atoms with Crippen molar-refractivity contribution >= 4 is 28.6 Å². The van der Waals surface area contributed by atoms with Crippen molar-refractivity contribution in [1.29, 1.82) is 0 Å². The summed E-state index contributed by atoms with van der Waals surface area (Å²) in [6.45, 7) is 0. The first-order valence-electron chi connectivity index (χ1n) is 2.66. The quantitative estimate of drug-likeness (QED) is 0.620. The van der Waals surface area contributed by atoms with Crippen LogP contribution in [0, 0.1) is 9.65 Å². The molecular weight excluding hydrogens is 264 g/mol. The number of hydrogen-bond donors (Lipinski definition) is 1. The fraction of sp³-hybridized carbons (Fsp3) is 0. The van der Waals surface area contributed by atoms with Gasteiger partial charge in [0.25, 0.3) is 0 Å². The molecule has 0 aliphatic rings. The lowest BCUT2D eigenvalue weighted by molar-refractivity contribution is 0.0695. The molecule has 11 heavy (non-hydrogen) atoms. The molecule has 0 aliphatic carbocycles. The van der Waals surface area contributed by atoms with Crippen LogP contribution in [-0.2, 0) is 0 Å². The number of nitrogens with zero attached hydrogens (tertiary/aromatic N) is 1. The Kier molecular flexibility index (Phi) is 2.38. The molecule has 0 unspecified atom stereocenters. The second-order valence-corrected chi connectivity index (χ2v) is 2.80. The monoisotopic (exact) mass is 267 g/mol. The highest BCUT2D eigenvalue weighted by molar-refractivity contribution is 14.1. The summed E-state index contributed by atoms with van der Waals surface area (Å²) in [4.78, 5) is 13.7. The van der Waals surface area contributed by atoms with E-state index >= 15 is 0 Å². The van der Waals surface area contributed by atoms with Crippen LogP contribution in [0.3, 0.4) is 0 Å². The standard InChI is InChI=1S/C6H3FINO2/c7-4-2-1-3(6(10)11)5(8)9-4/h1-2H,(H,10,11). The Balaban J connectivity index is 3.20. The summed E-state index contributed by atoms with van der Waals surface area (Å²) in [7, 11) is 0. The Morgan fingerprint density at radius 1 is 1.64 bits per heavy atom. The summed E-state index contributed by atoms with van der Waals surface area (Å²) in [6.07, 6.45) is 0. The Labute approximate surface area is 75.4 Å². The van der Waals surface area contributed by atoms with E-state index in [2.05, 4.69) is 4.98 Å². The number of hydrogen-bond acceptors (Lipinski definition) is 2. The zero-order chi connectivity index (χ0) is 8.43. The molecule has 1 heterocycles. The Morgan fingerprint density at radius 2 is 2.27 bits per heavy atom. The van der Waals surface area contributed by atoms with E-state index in [0.29, 0.717) is 0 Å². The smallest absolute Gasteiger partial charge is 0.338 e. The van der Waals surface area contributed by atoms with Crippen LogP contribution in [0.25, 0.3) is 0 Å². The maximum absolute atomic E-state index is 12.3. The highest BCUT2D eigenvalue weighted by Gasteiger charge is 2.08. The topological polar surface area (TPSA) is 50.2 Å². The molecule has 0 saturated heterocycles. The number of halogens is 2. The third-order valence-electron chi connectivity index (χ3n) is 1.05. The van der Waals surface area contributed by atoms with Gasteiger partial charge < -0.3 is 5.11 Å². The molecule has 5 heteroatoms. The second-order valence-electron chi connectivity index (χ2n) is 1.78. The van der Waals surface area contributed by atoms with Crippen LogP contribution in [0.2, 0.25) is 0 Å². The van der Waals surface area contributed by atoms with Gasteiger partial charge in [0.05, 0.1) is 5.56 Å². The predicted octanol–water partition coefficient (Wildman–Crippen LogP) is 1.52. The molecule has 1 rings (SSSR count). The van der Waals surface area contributed by atoms with Crippen molar-refractivity contribution < 1.29 is 14.3 Å². The first kappa shape index (κ1) is 8.38. The highest BCUT2D eigenvalue weighted by Crippen LogP contribution is 2.09. The number of aromatic carboxylic acids is 1. The number of carbonyl (C=O) groups is 1. The molecule has 0 atom stereocenters. The van der Waals surface area contributed by atoms with Crippen LogP contribution in [0.5, 0.6) is 0 Å². The van der Waals surface area contributed by atoms with Gasteiger partial charge >= 0.3 is 5.97 Å². The minimum atomic E-state index is -1.10. The van der Waals surface area contributed by atoms with Crippen molar-refractivity contribution in [2.24, 2.45) is 0 Å². The van der Waals surface area contributed by atoms with Crippen LogP contribution < -0.4 is 0 Å². The third-order valence-corrected chi connectivity index (χ3v) is 1.87. The van der Waals surface area contributed by atoms with Gasteiger partial charge in [0.2, 0.25) is 5.95 Å². The first-order chi connectivity index (χ1) is 5.11. The fourth-order valence-corrected chi connectivity index (χ4v) is 1.21. The summed E-state index contributed by atoms with van der Waals surface area (Å²) < 4.78 is 12.5. The van der Waals surface area contributed by atoms with Crippen LogP contribution in [0.1, 0.15) is 10.4 Å². The maximum Gasteiger partial charge on any atom is 0.338 e. The number of rotatable bonds is 1.